The molecular formula is C14H21N3O2. The first-order valence-corrected chi connectivity index (χ1v) is 6.78. The number of aromatic nitrogens is 2. The van der Waals surface area contributed by atoms with E-state index in [-0.39, 0.29) is 35.6 Å². The molecule has 0 aromatic carbocycles. The van der Waals surface area contributed by atoms with Crippen molar-refractivity contribution in [1.29, 1.82) is 0 Å². The van der Waals surface area contributed by atoms with E-state index in [1.54, 1.807) is 6.20 Å². The minimum atomic E-state index is -0.191. The molecule has 2 atom stereocenters. The third-order valence-corrected chi connectivity index (χ3v) is 3.70. The molecule has 1 aliphatic heterocycles. The summed E-state index contributed by atoms with van der Waals surface area (Å²) in [5.41, 5.74) is 0.982. The first kappa shape index (κ1) is 13.8. The minimum absolute atomic E-state index is 0.0613. The maximum absolute atomic E-state index is 12.0. The third kappa shape index (κ3) is 2.69. The zero-order chi connectivity index (χ0) is 14.2. The fourth-order valence-corrected chi connectivity index (χ4v) is 2.70. The van der Waals surface area contributed by atoms with Gasteiger partial charge in [-0.15, -0.1) is 0 Å². The van der Waals surface area contributed by atoms with Gasteiger partial charge in [0.05, 0.1) is 6.20 Å². The monoisotopic (exact) mass is 263 g/mol. The maximum atomic E-state index is 12.0. The Morgan fingerprint density at radius 3 is 2.53 bits per heavy atom. The lowest BCUT2D eigenvalue weighted by Crippen LogP contribution is -2.46. The summed E-state index contributed by atoms with van der Waals surface area (Å²) in [5, 5.41) is 6.74. The van der Waals surface area contributed by atoms with Crippen molar-refractivity contribution in [3.05, 3.63) is 18.0 Å². The molecule has 2 rings (SSSR count). The van der Waals surface area contributed by atoms with Gasteiger partial charge < -0.3 is 0 Å². The van der Waals surface area contributed by atoms with Crippen molar-refractivity contribution < 1.29 is 9.59 Å². The summed E-state index contributed by atoms with van der Waals surface area (Å²) in [4.78, 5) is 23.6. The van der Waals surface area contributed by atoms with Crippen LogP contribution in [0.5, 0.6) is 0 Å². The number of piperidine rings is 1. The molecule has 5 nitrogen and oxygen atoms in total. The number of hydrogen-bond acceptors (Lipinski definition) is 3. The molecule has 1 N–H and O–H groups in total. The molecule has 5 heteroatoms. The average Bonchev–Trinajstić information content (AvgIpc) is 2.76. The smallest absolute Gasteiger partial charge is 0.230 e. The van der Waals surface area contributed by atoms with Crippen LogP contribution in [-0.2, 0) is 9.59 Å². The largest absolute Gasteiger partial charge is 0.296 e. The summed E-state index contributed by atoms with van der Waals surface area (Å²) in [6.07, 6.45) is 4.10. The van der Waals surface area contributed by atoms with Crippen molar-refractivity contribution >= 4 is 11.8 Å². The number of nitrogens with one attached hydrogen (secondary N) is 1. The van der Waals surface area contributed by atoms with Crippen molar-refractivity contribution in [2.45, 2.75) is 46.1 Å². The SMILES string of the molecule is CC(C)C1C(=O)NC(=O)CC1c1cnn(C(C)C)c1. The summed E-state index contributed by atoms with van der Waals surface area (Å²) in [7, 11) is 0. The first-order valence-electron chi connectivity index (χ1n) is 6.78. The lowest BCUT2D eigenvalue weighted by Gasteiger charge is -2.32. The number of nitrogens with zero attached hydrogens (tertiary/aromatic N) is 2. The van der Waals surface area contributed by atoms with Crippen LogP contribution in [0.15, 0.2) is 12.4 Å². The molecule has 0 spiro atoms. The zero-order valence-electron chi connectivity index (χ0n) is 11.9. The van der Waals surface area contributed by atoms with Crippen molar-refractivity contribution in [3.63, 3.8) is 0 Å². The average molecular weight is 263 g/mol. The second-order valence-corrected chi connectivity index (χ2v) is 5.84. The maximum Gasteiger partial charge on any atom is 0.230 e. The molecule has 104 valence electrons. The number of imide groups is 1. The van der Waals surface area contributed by atoms with Gasteiger partial charge >= 0.3 is 0 Å². The van der Waals surface area contributed by atoms with Gasteiger partial charge in [0.1, 0.15) is 0 Å². The van der Waals surface area contributed by atoms with Gasteiger partial charge in [0.25, 0.3) is 0 Å². The van der Waals surface area contributed by atoms with Gasteiger partial charge in [-0.3, -0.25) is 19.6 Å². The Bertz CT molecular complexity index is 491. The molecule has 2 unspecified atom stereocenters. The van der Waals surface area contributed by atoms with E-state index in [0.29, 0.717) is 6.42 Å². The molecule has 0 saturated carbocycles. The number of rotatable bonds is 3. The summed E-state index contributed by atoms with van der Waals surface area (Å²) < 4.78 is 1.86. The fraction of sp³-hybridized carbons (Fsp3) is 0.643. The Kier molecular flexibility index (Phi) is 3.73. The third-order valence-electron chi connectivity index (χ3n) is 3.70. The van der Waals surface area contributed by atoms with E-state index in [2.05, 4.69) is 24.3 Å². The lowest BCUT2D eigenvalue weighted by atomic mass is 9.75. The van der Waals surface area contributed by atoms with E-state index in [1.165, 1.54) is 0 Å². The van der Waals surface area contributed by atoms with Gasteiger partial charge in [-0.2, -0.15) is 5.10 Å². The van der Waals surface area contributed by atoms with E-state index < -0.39 is 0 Å². The van der Waals surface area contributed by atoms with Gasteiger partial charge in [0, 0.05) is 30.5 Å². The van der Waals surface area contributed by atoms with Gasteiger partial charge in [0.2, 0.25) is 11.8 Å². The van der Waals surface area contributed by atoms with Gasteiger partial charge in [-0.05, 0) is 25.3 Å². The molecule has 1 aromatic rings. The molecule has 19 heavy (non-hydrogen) atoms. The molecule has 1 fully saturated rings. The highest BCUT2D eigenvalue weighted by Crippen LogP contribution is 2.35. The van der Waals surface area contributed by atoms with E-state index in [1.807, 2.05) is 24.7 Å². The molecule has 1 saturated heterocycles. The molecule has 1 aliphatic rings. The molecule has 0 radical (unpaired) electrons. The Morgan fingerprint density at radius 2 is 2.00 bits per heavy atom. The van der Waals surface area contributed by atoms with Crippen LogP contribution in [-0.4, -0.2) is 21.6 Å². The molecule has 2 amide bonds. The quantitative estimate of drug-likeness (QED) is 0.847. The van der Waals surface area contributed by atoms with Gasteiger partial charge in [0.15, 0.2) is 0 Å². The summed E-state index contributed by atoms with van der Waals surface area (Å²) in [5.74, 6) is -0.380. The topological polar surface area (TPSA) is 64.0 Å². The zero-order valence-corrected chi connectivity index (χ0v) is 11.9. The number of carbonyl (C=O) groups excluding carboxylic acids is 2. The predicted octanol–water partition coefficient (Wildman–Crippen LogP) is 1.87. The molecule has 0 aliphatic carbocycles. The van der Waals surface area contributed by atoms with Crippen LogP contribution < -0.4 is 5.32 Å². The normalized spacial score (nSPS) is 24.1. The lowest BCUT2D eigenvalue weighted by molar-refractivity contribution is -0.138. The number of carbonyl (C=O) groups is 2. The van der Waals surface area contributed by atoms with E-state index in [4.69, 9.17) is 0 Å². The van der Waals surface area contributed by atoms with Crippen molar-refractivity contribution in [1.82, 2.24) is 15.1 Å². The van der Waals surface area contributed by atoms with Crippen LogP contribution in [0.2, 0.25) is 0 Å². The predicted molar refractivity (Wildman–Crippen MR) is 71.4 cm³/mol. The number of hydrogen-bond donors (Lipinski definition) is 1. The fourth-order valence-electron chi connectivity index (χ4n) is 2.70. The first-order chi connectivity index (χ1) is 8.90. The van der Waals surface area contributed by atoms with Crippen LogP contribution in [0.25, 0.3) is 0 Å². The molecule has 0 bridgehead atoms. The summed E-state index contributed by atoms with van der Waals surface area (Å²) in [6.45, 7) is 8.13. The van der Waals surface area contributed by atoms with Crippen LogP contribution in [0.3, 0.4) is 0 Å². The van der Waals surface area contributed by atoms with Gasteiger partial charge in [-0.1, -0.05) is 13.8 Å². The Hall–Kier alpha value is -1.65. The van der Waals surface area contributed by atoms with Crippen LogP contribution in [0.1, 0.15) is 51.6 Å². The van der Waals surface area contributed by atoms with Crippen molar-refractivity contribution in [2.75, 3.05) is 0 Å². The Morgan fingerprint density at radius 1 is 1.32 bits per heavy atom. The van der Waals surface area contributed by atoms with Crippen LogP contribution >= 0.6 is 0 Å². The van der Waals surface area contributed by atoms with Crippen molar-refractivity contribution in [3.8, 4) is 0 Å². The highest BCUT2D eigenvalue weighted by Gasteiger charge is 2.39. The van der Waals surface area contributed by atoms with E-state index >= 15 is 0 Å². The Labute approximate surface area is 113 Å². The Balaban J connectivity index is 2.32. The molecule has 2 heterocycles. The highest BCUT2D eigenvalue weighted by atomic mass is 16.2. The van der Waals surface area contributed by atoms with Gasteiger partial charge in [-0.25, -0.2) is 0 Å². The van der Waals surface area contributed by atoms with Crippen LogP contribution in [0.4, 0.5) is 0 Å². The van der Waals surface area contributed by atoms with E-state index in [0.717, 1.165) is 5.56 Å². The second-order valence-electron chi connectivity index (χ2n) is 5.84. The minimum Gasteiger partial charge on any atom is -0.296 e. The molecular weight excluding hydrogens is 242 g/mol. The van der Waals surface area contributed by atoms with E-state index in [9.17, 15) is 9.59 Å². The van der Waals surface area contributed by atoms with Crippen molar-refractivity contribution in [2.24, 2.45) is 11.8 Å². The highest BCUT2D eigenvalue weighted by molar-refractivity contribution is 5.99. The molecule has 1 aromatic heterocycles. The van der Waals surface area contributed by atoms with Crippen LogP contribution in [0, 0.1) is 11.8 Å². The number of amides is 2. The summed E-state index contributed by atoms with van der Waals surface area (Å²) in [6, 6.07) is 0.277. The second kappa shape index (κ2) is 5.15. The standard InChI is InChI=1S/C14H21N3O2/c1-8(2)13-11(5-12(18)16-14(13)19)10-6-15-17(7-10)9(3)4/h6-9,11,13H,5H2,1-4H3,(H,16,18,19). The summed E-state index contributed by atoms with van der Waals surface area (Å²) >= 11 is 0.